The fraction of sp³-hybridized carbons (Fsp3) is 0.429. The molecule has 1 heterocycles. The molecule has 0 atom stereocenters. The first-order valence-electron chi connectivity index (χ1n) is 6.69. The van der Waals surface area contributed by atoms with Crippen molar-refractivity contribution in [2.24, 2.45) is 0 Å². The van der Waals surface area contributed by atoms with Crippen molar-refractivity contribution < 1.29 is 19.1 Å². The molecule has 114 valence electrons. The number of urea groups is 1. The number of carbonyl (C=O) groups excluding carboxylic acids is 2. The average molecular weight is 293 g/mol. The van der Waals surface area contributed by atoms with E-state index >= 15 is 0 Å². The first-order valence-corrected chi connectivity index (χ1v) is 6.69. The number of anilines is 2. The van der Waals surface area contributed by atoms with Crippen LogP contribution in [0.3, 0.4) is 0 Å². The number of methoxy groups -OCH3 is 1. The van der Waals surface area contributed by atoms with Gasteiger partial charge in [-0.25, -0.2) is 4.79 Å². The molecule has 0 unspecified atom stereocenters. The van der Waals surface area contributed by atoms with Gasteiger partial charge in [-0.15, -0.1) is 0 Å². The van der Waals surface area contributed by atoms with Crippen LogP contribution in [0.1, 0.15) is 6.92 Å². The van der Waals surface area contributed by atoms with E-state index in [1.54, 1.807) is 23.1 Å². The van der Waals surface area contributed by atoms with Crippen molar-refractivity contribution in [1.29, 1.82) is 0 Å². The molecule has 1 aromatic rings. The number of carbonyl (C=O) groups is 2. The Morgan fingerprint density at radius 3 is 2.57 bits per heavy atom. The van der Waals surface area contributed by atoms with Crippen LogP contribution in [0.2, 0.25) is 0 Å². The highest BCUT2D eigenvalue weighted by molar-refractivity contribution is 5.94. The van der Waals surface area contributed by atoms with Crippen LogP contribution in [-0.2, 0) is 9.53 Å². The van der Waals surface area contributed by atoms with Gasteiger partial charge >= 0.3 is 6.03 Å². The quantitative estimate of drug-likeness (QED) is 0.885. The van der Waals surface area contributed by atoms with Crippen molar-refractivity contribution in [3.05, 3.63) is 18.2 Å². The van der Waals surface area contributed by atoms with Gasteiger partial charge in [0.25, 0.3) is 0 Å². The second-order valence-corrected chi connectivity index (χ2v) is 4.63. The van der Waals surface area contributed by atoms with Crippen LogP contribution in [0.4, 0.5) is 16.2 Å². The number of morpholine rings is 1. The Labute approximate surface area is 123 Å². The Hall–Kier alpha value is -2.28. The lowest BCUT2D eigenvalue weighted by molar-refractivity contribution is -0.114. The van der Waals surface area contributed by atoms with E-state index in [-0.39, 0.29) is 11.9 Å². The van der Waals surface area contributed by atoms with Gasteiger partial charge in [-0.2, -0.15) is 0 Å². The second-order valence-electron chi connectivity index (χ2n) is 4.63. The average Bonchev–Trinajstić information content (AvgIpc) is 2.48. The minimum Gasteiger partial charge on any atom is -0.495 e. The van der Waals surface area contributed by atoms with Crippen LogP contribution in [-0.4, -0.2) is 50.3 Å². The van der Waals surface area contributed by atoms with Gasteiger partial charge < -0.3 is 25.0 Å². The van der Waals surface area contributed by atoms with E-state index in [4.69, 9.17) is 9.47 Å². The number of hydrogen-bond donors (Lipinski definition) is 2. The molecular weight excluding hydrogens is 274 g/mol. The minimum absolute atomic E-state index is 0.183. The van der Waals surface area contributed by atoms with Crippen LogP contribution >= 0.6 is 0 Å². The van der Waals surface area contributed by atoms with Crippen molar-refractivity contribution in [2.75, 3.05) is 44.0 Å². The maximum Gasteiger partial charge on any atom is 0.322 e. The zero-order valence-electron chi connectivity index (χ0n) is 12.1. The summed E-state index contributed by atoms with van der Waals surface area (Å²) in [4.78, 5) is 25.0. The number of amides is 3. The molecule has 0 spiro atoms. The van der Waals surface area contributed by atoms with Crippen LogP contribution in [0.25, 0.3) is 0 Å². The molecule has 1 fully saturated rings. The van der Waals surface area contributed by atoms with Gasteiger partial charge in [-0.3, -0.25) is 4.79 Å². The van der Waals surface area contributed by atoms with Crippen molar-refractivity contribution in [2.45, 2.75) is 6.92 Å². The van der Waals surface area contributed by atoms with Crippen LogP contribution in [0, 0.1) is 0 Å². The summed E-state index contributed by atoms with van der Waals surface area (Å²) in [7, 11) is 1.52. The summed E-state index contributed by atoms with van der Waals surface area (Å²) in [6.07, 6.45) is 0. The second kappa shape index (κ2) is 6.94. The summed E-state index contributed by atoms with van der Waals surface area (Å²) in [5.74, 6) is 0.333. The molecule has 1 aromatic carbocycles. The summed E-state index contributed by atoms with van der Waals surface area (Å²) in [6, 6.07) is 4.90. The molecule has 0 radical (unpaired) electrons. The number of ether oxygens (including phenoxy) is 2. The standard InChI is InChI=1S/C14H19N3O4/c1-10(18)15-12-9-11(3-4-13(12)20-2)16-14(19)17-5-7-21-8-6-17/h3-4,9H,5-8H2,1-2H3,(H,15,18)(H,16,19). The molecule has 21 heavy (non-hydrogen) atoms. The highest BCUT2D eigenvalue weighted by Gasteiger charge is 2.17. The lowest BCUT2D eigenvalue weighted by Gasteiger charge is -2.27. The third kappa shape index (κ3) is 4.09. The largest absolute Gasteiger partial charge is 0.495 e. The summed E-state index contributed by atoms with van der Waals surface area (Å²) in [5.41, 5.74) is 1.11. The lowest BCUT2D eigenvalue weighted by atomic mass is 10.2. The van der Waals surface area contributed by atoms with E-state index in [0.29, 0.717) is 43.4 Å². The Morgan fingerprint density at radius 2 is 1.95 bits per heavy atom. The Balaban J connectivity index is 2.08. The molecule has 0 aromatic heterocycles. The SMILES string of the molecule is COc1ccc(NC(=O)N2CCOCC2)cc1NC(C)=O. The topological polar surface area (TPSA) is 79.9 Å². The highest BCUT2D eigenvalue weighted by Crippen LogP contribution is 2.28. The lowest BCUT2D eigenvalue weighted by Crippen LogP contribution is -2.43. The molecule has 2 rings (SSSR count). The fourth-order valence-corrected chi connectivity index (χ4v) is 2.04. The number of benzene rings is 1. The Morgan fingerprint density at radius 1 is 1.24 bits per heavy atom. The first-order chi connectivity index (χ1) is 10.1. The summed E-state index contributed by atoms with van der Waals surface area (Å²) < 4.78 is 10.4. The van der Waals surface area contributed by atoms with E-state index in [9.17, 15) is 9.59 Å². The maximum absolute atomic E-state index is 12.1. The number of rotatable bonds is 3. The van der Waals surface area contributed by atoms with Crippen molar-refractivity contribution in [3.8, 4) is 5.75 Å². The third-order valence-electron chi connectivity index (χ3n) is 3.06. The zero-order chi connectivity index (χ0) is 15.2. The van der Waals surface area contributed by atoms with Gasteiger partial charge in [0.05, 0.1) is 26.0 Å². The molecular formula is C14H19N3O4. The predicted molar refractivity (Wildman–Crippen MR) is 78.7 cm³/mol. The molecule has 1 saturated heterocycles. The molecule has 1 aliphatic rings. The van der Waals surface area contributed by atoms with Crippen LogP contribution < -0.4 is 15.4 Å². The Bertz CT molecular complexity index is 527. The van der Waals surface area contributed by atoms with Gasteiger partial charge in [-0.1, -0.05) is 0 Å². The number of hydrogen-bond acceptors (Lipinski definition) is 4. The maximum atomic E-state index is 12.1. The van der Waals surface area contributed by atoms with E-state index in [2.05, 4.69) is 10.6 Å². The van der Waals surface area contributed by atoms with Crippen LogP contribution in [0.5, 0.6) is 5.75 Å². The van der Waals surface area contributed by atoms with E-state index in [0.717, 1.165) is 0 Å². The molecule has 0 bridgehead atoms. The third-order valence-corrected chi connectivity index (χ3v) is 3.06. The van der Waals surface area contributed by atoms with Crippen molar-refractivity contribution >= 4 is 23.3 Å². The number of nitrogens with zero attached hydrogens (tertiary/aromatic N) is 1. The van der Waals surface area contributed by atoms with Gasteiger partial charge in [-0.05, 0) is 18.2 Å². The molecule has 1 aliphatic heterocycles. The summed E-state index contributed by atoms with van der Waals surface area (Å²) >= 11 is 0. The fourth-order valence-electron chi connectivity index (χ4n) is 2.04. The molecule has 0 saturated carbocycles. The Kier molecular flexibility index (Phi) is 4.99. The van der Waals surface area contributed by atoms with Gasteiger partial charge in [0.2, 0.25) is 5.91 Å². The predicted octanol–water partition coefficient (Wildman–Crippen LogP) is 1.52. The smallest absolute Gasteiger partial charge is 0.322 e. The monoisotopic (exact) mass is 293 g/mol. The minimum atomic E-state index is -0.204. The molecule has 7 heteroatoms. The van der Waals surface area contributed by atoms with Crippen molar-refractivity contribution in [1.82, 2.24) is 4.90 Å². The molecule has 2 N–H and O–H groups in total. The van der Waals surface area contributed by atoms with Crippen molar-refractivity contribution in [3.63, 3.8) is 0 Å². The summed E-state index contributed by atoms with van der Waals surface area (Å²) in [6.45, 7) is 3.65. The van der Waals surface area contributed by atoms with Gasteiger partial charge in [0.1, 0.15) is 5.75 Å². The highest BCUT2D eigenvalue weighted by atomic mass is 16.5. The van der Waals surface area contributed by atoms with Gasteiger partial charge in [0.15, 0.2) is 0 Å². The van der Waals surface area contributed by atoms with E-state index in [1.165, 1.54) is 14.0 Å². The molecule has 0 aliphatic carbocycles. The van der Waals surface area contributed by atoms with E-state index in [1.807, 2.05) is 0 Å². The van der Waals surface area contributed by atoms with E-state index < -0.39 is 0 Å². The zero-order valence-corrected chi connectivity index (χ0v) is 12.1. The molecule has 3 amide bonds. The summed E-state index contributed by atoms with van der Waals surface area (Å²) in [5, 5.41) is 5.47. The van der Waals surface area contributed by atoms with Crippen LogP contribution in [0.15, 0.2) is 18.2 Å². The van der Waals surface area contributed by atoms with Gasteiger partial charge in [0, 0.05) is 25.7 Å². The normalized spacial score (nSPS) is 14.5. The number of nitrogens with one attached hydrogen (secondary N) is 2. The first kappa shape index (κ1) is 15.1. The molecule has 7 nitrogen and oxygen atoms in total.